The standard InChI is InChI=1S/C22H24N6O4/c23-14-9-19(20(30)25-10-13-5-7-15(29)8-6-13)28(11-14)22(32)26-17-12-27(21(24)31)18-4-2-1-3-16(17)18/h1-8,12,14,19,29H,9-11,23H2,(H2,24,31)(H,25,30)(H,26,32)/t14-,19-/m0/s1. The van der Waals surface area contributed by atoms with Gasteiger partial charge >= 0.3 is 12.1 Å². The maximum Gasteiger partial charge on any atom is 0.323 e. The maximum atomic E-state index is 13.0. The number of aromatic nitrogens is 1. The Bertz CT molecular complexity index is 1170. The predicted molar refractivity (Wildman–Crippen MR) is 119 cm³/mol. The normalized spacial score (nSPS) is 18.0. The third-order valence-corrected chi connectivity index (χ3v) is 5.49. The predicted octanol–water partition coefficient (Wildman–Crippen LogP) is 1.52. The van der Waals surface area contributed by atoms with Crippen LogP contribution in [0.2, 0.25) is 0 Å². The van der Waals surface area contributed by atoms with Crippen LogP contribution in [0, 0.1) is 0 Å². The number of nitrogens with one attached hydrogen (secondary N) is 2. The van der Waals surface area contributed by atoms with Crippen molar-refractivity contribution >= 4 is 34.6 Å². The highest BCUT2D eigenvalue weighted by molar-refractivity contribution is 6.05. The molecule has 0 radical (unpaired) electrons. The molecule has 0 bridgehead atoms. The van der Waals surface area contributed by atoms with Crippen molar-refractivity contribution in [2.45, 2.75) is 25.0 Å². The number of phenols is 1. The summed E-state index contributed by atoms with van der Waals surface area (Å²) in [6.07, 6.45) is 1.79. The smallest absolute Gasteiger partial charge is 0.323 e. The van der Waals surface area contributed by atoms with Crippen molar-refractivity contribution in [3.63, 3.8) is 0 Å². The van der Waals surface area contributed by atoms with E-state index in [0.717, 1.165) is 5.56 Å². The van der Waals surface area contributed by atoms with Gasteiger partial charge in [-0.05, 0) is 30.2 Å². The quantitative estimate of drug-likeness (QED) is 0.419. The number of rotatable bonds is 4. The van der Waals surface area contributed by atoms with Gasteiger partial charge in [-0.15, -0.1) is 0 Å². The number of hydrogen-bond donors (Lipinski definition) is 5. The number of likely N-dealkylation sites (tertiary alicyclic amines) is 1. The van der Waals surface area contributed by atoms with Crippen LogP contribution in [-0.2, 0) is 11.3 Å². The van der Waals surface area contributed by atoms with Gasteiger partial charge in [0, 0.05) is 30.7 Å². The van der Waals surface area contributed by atoms with Gasteiger partial charge in [0.2, 0.25) is 5.91 Å². The Morgan fingerprint density at radius 3 is 2.53 bits per heavy atom. The lowest BCUT2D eigenvalue weighted by Crippen LogP contribution is -2.47. The molecule has 166 valence electrons. The zero-order valence-electron chi connectivity index (χ0n) is 17.2. The molecule has 2 atom stereocenters. The van der Waals surface area contributed by atoms with Gasteiger partial charge in [-0.3, -0.25) is 9.36 Å². The number of fused-ring (bicyclic) bond motifs is 1. The third-order valence-electron chi connectivity index (χ3n) is 5.49. The summed E-state index contributed by atoms with van der Waals surface area (Å²) in [4.78, 5) is 39.0. The van der Waals surface area contributed by atoms with Crippen LogP contribution in [0.3, 0.4) is 0 Å². The number of hydrogen-bond acceptors (Lipinski definition) is 5. The largest absolute Gasteiger partial charge is 0.508 e. The molecule has 10 nitrogen and oxygen atoms in total. The number of urea groups is 1. The first-order valence-corrected chi connectivity index (χ1v) is 10.1. The molecule has 0 aliphatic carbocycles. The summed E-state index contributed by atoms with van der Waals surface area (Å²) in [6, 6.07) is 11.3. The summed E-state index contributed by atoms with van der Waals surface area (Å²) >= 11 is 0. The number of carbonyl (C=O) groups is 3. The molecular weight excluding hydrogens is 412 g/mol. The highest BCUT2D eigenvalue weighted by Crippen LogP contribution is 2.27. The molecule has 2 heterocycles. The van der Waals surface area contributed by atoms with Crippen LogP contribution in [0.25, 0.3) is 10.9 Å². The minimum Gasteiger partial charge on any atom is -0.508 e. The van der Waals surface area contributed by atoms with Gasteiger partial charge in [0.15, 0.2) is 0 Å². The topological polar surface area (TPSA) is 156 Å². The molecule has 0 saturated carbocycles. The number of phenolic OH excluding ortho intramolecular Hbond substituents is 1. The van der Waals surface area contributed by atoms with E-state index >= 15 is 0 Å². The number of nitrogens with two attached hydrogens (primary N) is 2. The minimum absolute atomic E-state index is 0.141. The lowest BCUT2D eigenvalue weighted by molar-refractivity contribution is -0.124. The van der Waals surface area contributed by atoms with E-state index in [9.17, 15) is 19.5 Å². The van der Waals surface area contributed by atoms with E-state index in [0.29, 0.717) is 23.0 Å². The fourth-order valence-corrected chi connectivity index (χ4v) is 3.91. The van der Waals surface area contributed by atoms with Crippen molar-refractivity contribution in [2.75, 3.05) is 11.9 Å². The molecule has 4 rings (SSSR count). The SMILES string of the molecule is NC(=O)n1cc(NC(=O)N2C[C@@H](N)C[C@H]2C(=O)NCc2ccc(O)cc2)c2ccccc21. The van der Waals surface area contributed by atoms with Gasteiger partial charge in [-0.25, -0.2) is 9.59 Å². The molecule has 2 aromatic carbocycles. The molecule has 1 aliphatic heterocycles. The molecular formula is C22H24N6O4. The third kappa shape index (κ3) is 4.21. The zero-order chi connectivity index (χ0) is 22.8. The number of benzene rings is 2. The van der Waals surface area contributed by atoms with Crippen molar-refractivity contribution in [2.24, 2.45) is 11.5 Å². The average Bonchev–Trinajstić information content (AvgIpc) is 3.34. The first kappa shape index (κ1) is 21.2. The second-order valence-electron chi connectivity index (χ2n) is 7.75. The second-order valence-corrected chi connectivity index (χ2v) is 7.75. The summed E-state index contributed by atoms with van der Waals surface area (Å²) in [6.45, 7) is 0.476. The molecule has 7 N–H and O–H groups in total. The lowest BCUT2D eigenvalue weighted by atomic mass is 10.1. The molecule has 1 saturated heterocycles. The van der Waals surface area contributed by atoms with Crippen LogP contribution in [0.4, 0.5) is 15.3 Å². The van der Waals surface area contributed by atoms with Crippen LogP contribution < -0.4 is 22.1 Å². The average molecular weight is 436 g/mol. The second kappa shape index (κ2) is 8.60. The first-order chi connectivity index (χ1) is 15.3. The molecule has 0 unspecified atom stereocenters. The lowest BCUT2D eigenvalue weighted by Gasteiger charge is -2.24. The van der Waals surface area contributed by atoms with Gasteiger partial charge in [-0.1, -0.05) is 30.3 Å². The van der Waals surface area contributed by atoms with E-state index in [1.54, 1.807) is 36.4 Å². The van der Waals surface area contributed by atoms with Crippen molar-refractivity contribution < 1.29 is 19.5 Å². The van der Waals surface area contributed by atoms with Crippen molar-refractivity contribution in [1.29, 1.82) is 0 Å². The fraction of sp³-hybridized carbons (Fsp3) is 0.227. The summed E-state index contributed by atoms with van der Waals surface area (Å²) in [5.41, 5.74) is 13.3. The molecule has 4 amide bonds. The summed E-state index contributed by atoms with van der Waals surface area (Å²) in [5, 5.41) is 15.6. The Kier molecular flexibility index (Phi) is 5.69. The van der Waals surface area contributed by atoms with E-state index < -0.39 is 18.1 Å². The van der Waals surface area contributed by atoms with Crippen LogP contribution in [0.15, 0.2) is 54.7 Å². The van der Waals surface area contributed by atoms with Crippen LogP contribution in [0.1, 0.15) is 12.0 Å². The Hall–Kier alpha value is -4.05. The maximum absolute atomic E-state index is 13.0. The number of amides is 4. The van der Waals surface area contributed by atoms with Crippen molar-refractivity contribution in [1.82, 2.24) is 14.8 Å². The number of nitrogens with zero attached hydrogens (tertiary/aromatic N) is 2. The van der Waals surface area contributed by atoms with Crippen LogP contribution in [-0.4, -0.2) is 51.2 Å². The van der Waals surface area contributed by atoms with E-state index in [1.807, 2.05) is 0 Å². The zero-order valence-corrected chi connectivity index (χ0v) is 17.2. The monoisotopic (exact) mass is 436 g/mol. The van der Waals surface area contributed by atoms with Gasteiger partial charge in [-0.2, -0.15) is 0 Å². The molecule has 1 fully saturated rings. The Morgan fingerprint density at radius 1 is 1.09 bits per heavy atom. The Morgan fingerprint density at radius 2 is 1.81 bits per heavy atom. The van der Waals surface area contributed by atoms with Gasteiger partial charge in [0.1, 0.15) is 11.8 Å². The molecule has 3 aromatic rings. The molecule has 0 spiro atoms. The van der Waals surface area contributed by atoms with E-state index in [-0.39, 0.29) is 30.8 Å². The van der Waals surface area contributed by atoms with E-state index in [2.05, 4.69) is 10.6 Å². The number of para-hydroxylation sites is 1. The highest BCUT2D eigenvalue weighted by Gasteiger charge is 2.38. The number of anilines is 1. The van der Waals surface area contributed by atoms with Gasteiger partial charge in [0.25, 0.3) is 0 Å². The number of primary amides is 1. The van der Waals surface area contributed by atoms with Gasteiger partial charge in [0.05, 0.1) is 11.2 Å². The summed E-state index contributed by atoms with van der Waals surface area (Å²) in [5.74, 6) is -0.178. The van der Waals surface area contributed by atoms with Crippen molar-refractivity contribution in [3.8, 4) is 5.75 Å². The summed E-state index contributed by atoms with van der Waals surface area (Å²) in [7, 11) is 0. The Labute approximate surface area is 183 Å². The first-order valence-electron chi connectivity index (χ1n) is 10.1. The summed E-state index contributed by atoms with van der Waals surface area (Å²) < 4.78 is 1.25. The van der Waals surface area contributed by atoms with E-state index in [4.69, 9.17) is 11.5 Å². The minimum atomic E-state index is -0.730. The van der Waals surface area contributed by atoms with E-state index in [1.165, 1.54) is 27.8 Å². The highest BCUT2D eigenvalue weighted by atomic mass is 16.3. The molecule has 10 heteroatoms. The number of carbonyl (C=O) groups excluding carboxylic acids is 3. The fourth-order valence-electron chi connectivity index (χ4n) is 3.91. The van der Waals surface area contributed by atoms with Crippen LogP contribution in [0.5, 0.6) is 5.75 Å². The molecule has 1 aromatic heterocycles. The Balaban J connectivity index is 1.48. The van der Waals surface area contributed by atoms with Crippen molar-refractivity contribution in [3.05, 3.63) is 60.3 Å². The molecule has 1 aliphatic rings. The number of aromatic hydroxyl groups is 1. The van der Waals surface area contributed by atoms with Crippen LogP contribution >= 0.6 is 0 Å². The van der Waals surface area contributed by atoms with Gasteiger partial charge < -0.3 is 32.1 Å². The molecule has 32 heavy (non-hydrogen) atoms.